The van der Waals surface area contributed by atoms with E-state index in [9.17, 15) is 0 Å². The van der Waals surface area contributed by atoms with Crippen molar-refractivity contribution in [1.82, 2.24) is 0 Å². The zero-order valence-electron chi connectivity index (χ0n) is 8.59. The topological polar surface area (TPSA) is 38.0 Å². The van der Waals surface area contributed by atoms with E-state index in [1.807, 2.05) is 0 Å². The third-order valence-corrected chi connectivity index (χ3v) is 1.99. The first kappa shape index (κ1) is 10.1. The maximum atomic E-state index is 5.53. The van der Waals surface area contributed by atoms with Gasteiger partial charge in [0, 0.05) is 18.3 Å². The third-order valence-electron chi connectivity index (χ3n) is 1.99. The molecule has 0 aliphatic carbocycles. The monoisotopic (exact) mass is 178 g/mol. The first-order valence-corrected chi connectivity index (χ1v) is 4.66. The predicted molar refractivity (Wildman–Crippen MR) is 58.1 cm³/mol. The largest absolute Gasteiger partial charge is 0.381 e. The van der Waals surface area contributed by atoms with Gasteiger partial charge in [0.1, 0.15) is 0 Å². The van der Waals surface area contributed by atoms with Crippen molar-refractivity contribution < 1.29 is 0 Å². The molecule has 0 fully saturated rings. The molecule has 0 spiro atoms. The molecule has 0 bridgehead atoms. The molecule has 0 aliphatic rings. The molecular formula is C11H18N2. The van der Waals surface area contributed by atoms with E-state index in [1.165, 1.54) is 11.1 Å². The summed E-state index contributed by atoms with van der Waals surface area (Å²) in [5, 5.41) is 3.35. The van der Waals surface area contributed by atoms with Gasteiger partial charge in [-0.05, 0) is 44.0 Å². The summed E-state index contributed by atoms with van der Waals surface area (Å²) in [6.45, 7) is 6.95. The lowest BCUT2D eigenvalue weighted by molar-refractivity contribution is 0.804. The quantitative estimate of drug-likeness (QED) is 0.743. The van der Waals surface area contributed by atoms with Crippen LogP contribution in [-0.4, -0.2) is 12.6 Å². The van der Waals surface area contributed by atoms with Crippen LogP contribution in [0, 0.1) is 13.8 Å². The van der Waals surface area contributed by atoms with Crippen LogP contribution >= 0.6 is 0 Å². The molecule has 0 aromatic heterocycles. The standard InChI is InChI=1S/C11H18N2/c1-8-4-9(2)6-11(5-8)13-10(3)7-12/h4-6,10,13H,7,12H2,1-3H3. The Bertz CT molecular complexity index is 261. The summed E-state index contributed by atoms with van der Waals surface area (Å²) >= 11 is 0. The molecule has 1 atom stereocenters. The summed E-state index contributed by atoms with van der Waals surface area (Å²) in [4.78, 5) is 0. The molecule has 13 heavy (non-hydrogen) atoms. The molecule has 72 valence electrons. The Labute approximate surface area is 80.1 Å². The van der Waals surface area contributed by atoms with E-state index in [1.54, 1.807) is 0 Å². The van der Waals surface area contributed by atoms with Crippen LogP contribution in [0.1, 0.15) is 18.1 Å². The Morgan fingerprint density at radius 3 is 2.23 bits per heavy atom. The normalized spacial score (nSPS) is 12.6. The van der Waals surface area contributed by atoms with Crippen LogP contribution in [0.4, 0.5) is 5.69 Å². The van der Waals surface area contributed by atoms with E-state index in [0.717, 1.165) is 5.69 Å². The predicted octanol–water partition coefficient (Wildman–Crippen LogP) is 2.06. The number of hydrogen-bond acceptors (Lipinski definition) is 2. The zero-order chi connectivity index (χ0) is 9.84. The Balaban J connectivity index is 2.77. The molecular weight excluding hydrogens is 160 g/mol. The second-order valence-electron chi connectivity index (χ2n) is 3.66. The van der Waals surface area contributed by atoms with Crippen LogP contribution in [0.25, 0.3) is 0 Å². The van der Waals surface area contributed by atoms with E-state index >= 15 is 0 Å². The van der Waals surface area contributed by atoms with E-state index in [2.05, 4.69) is 44.3 Å². The van der Waals surface area contributed by atoms with Gasteiger partial charge in [-0.3, -0.25) is 0 Å². The minimum absolute atomic E-state index is 0.334. The average Bonchev–Trinajstić information content (AvgIpc) is 2.02. The van der Waals surface area contributed by atoms with Gasteiger partial charge in [-0.25, -0.2) is 0 Å². The van der Waals surface area contributed by atoms with Gasteiger partial charge >= 0.3 is 0 Å². The fourth-order valence-corrected chi connectivity index (χ4v) is 1.40. The van der Waals surface area contributed by atoms with Crippen molar-refractivity contribution in [2.45, 2.75) is 26.8 Å². The molecule has 1 aromatic carbocycles. The lowest BCUT2D eigenvalue weighted by Gasteiger charge is -2.13. The molecule has 2 nitrogen and oxygen atoms in total. The SMILES string of the molecule is Cc1cc(C)cc(NC(C)CN)c1. The second kappa shape index (κ2) is 4.28. The van der Waals surface area contributed by atoms with Gasteiger partial charge in [0.05, 0.1) is 0 Å². The van der Waals surface area contributed by atoms with Crippen molar-refractivity contribution in [1.29, 1.82) is 0 Å². The smallest absolute Gasteiger partial charge is 0.0355 e. The third kappa shape index (κ3) is 3.07. The van der Waals surface area contributed by atoms with E-state index < -0.39 is 0 Å². The highest BCUT2D eigenvalue weighted by Gasteiger charge is 1.99. The van der Waals surface area contributed by atoms with Crippen LogP contribution < -0.4 is 11.1 Å². The number of nitrogens with two attached hydrogens (primary N) is 1. The minimum atomic E-state index is 0.334. The molecule has 0 heterocycles. The summed E-state index contributed by atoms with van der Waals surface area (Å²) in [7, 11) is 0. The molecule has 0 amide bonds. The summed E-state index contributed by atoms with van der Waals surface area (Å²) in [6, 6.07) is 6.78. The Hall–Kier alpha value is -1.02. The Kier molecular flexibility index (Phi) is 3.32. The van der Waals surface area contributed by atoms with Gasteiger partial charge in [-0.2, -0.15) is 0 Å². The van der Waals surface area contributed by atoms with E-state index in [-0.39, 0.29) is 0 Å². The van der Waals surface area contributed by atoms with Crippen molar-refractivity contribution in [3.63, 3.8) is 0 Å². The summed E-state index contributed by atoms with van der Waals surface area (Å²) in [5.41, 5.74) is 9.26. The number of hydrogen-bond donors (Lipinski definition) is 2. The fraction of sp³-hybridized carbons (Fsp3) is 0.455. The van der Waals surface area contributed by atoms with Gasteiger partial charge in [-0.1, -0.05) is 6.07 Å². The van der Waals surface area contributed by atoms with Crippen molar-refractivity contribution >= 4 is 5.69 Å². The van der Waals surface area contributed by atoms with Crippen molar-refractivity contribution in [2.24, 2.45) is 5.73 Å². The average molecular weight is 178 g/mol. The van der Waals surface area contributed by atoms with Crippen LogP contribution in [0.5, 0.6) is 0 Å². The molecule has 1 unspecified atom stereocenters. The van der Waals surface area contributed by atoms with Gasteiger partial charge in [0.15, 0.2) is 0 Å². The maximum absolute atomic E-state index is 5.53. The Morgan fingerprint density at radius 2 is 1.77 bits per heavy atom. The van der Waals surface area contributed by atoms with Gasteiger partial charge in [-0.15, -0.1) is 0 Å². The summed E-state index contributed by atoms with van der Waals surface area (Å²) in [5.74, 6) is 0. The lowest BCUT2D eigenvalue weighted by Crippen LogP contribution is -2.25. The van der Waals surface area contributed by atoms with Crippen LogP contribution in [0.15, 0.2) is 18.2 Å². The number of anilines is 1. The van der Waals surface area contributed by atoms with Crippen LogP contribution in [0.2, 0.25) is 0 Å². The van der Waals surface area contributed by atoms with E-state index in [4.69, 9.17) is 5.73 Å². The zero-order valence-corrected chi connectivity index (χ0v) is 8.59. The van der Waals surface area contributed by atoms with Crippen molar-refractivity contribution in [3.8, 4) is 0 Å². The van der Waals surface area contributed by atoms with Gasteiger partial charge < -0.3 is 11.1 Å². The molecule has 0 saturated carbocycles. The molecule has 1 aromatic rings. The molecule has 3 N–H and O–H groups in total. The molecule has 2 heteroatoms. The van der Waals surface area contributed by atoms with E-state index in [0.29, 0.717) is 12.6 Å². The molecule has 0 saturated heterocycles. The number of aryl methyl sites for hydroxylation is 2. The minimum Gasteiger partial charge on any atom is -0.381 e. The first-order valence-electron chi connectivity index (χ1n) is 4.66. The molecule has 0 radical (unpaired) electrons. The first-order chi connectivity index (χ1) is 6.11. The van der Waals surface area contributed by atoms with Crippen LogP contribution in [0.3, 0.4) is 0 Å². The number of benzene rings is 1. The number of nitrogens with one attached hydrogen (secondary N) is 1. The van der Waals surface area contributed by atoms with Crippen molar-refractivity contribution in [2.75, 3.05) is 11.9 Å². The molecule has 0 aliphatic heterocycles. The van der Waals surface area contributed by atoms with Crippen LogP contribution in [-0.2, 0) is 0 Å². The molecule has 1 rings (SSSR count). The van der Waals surface area contributed by atoms with Gasteiger partial charge in [0.2, 0.25) is 0 Å². The number of rotatable bonds is 3. The Morgan fingerprint density at radius 1 is 1.23 bits per heavy atom. The highest BCUT2D eigenvalue weighted by Crippen LogP contribution is 2.14. The van der Waals surface area contributed by atoms with Gasteiger partial charge in [0.25, 0.3) is 0 Å². The summed E-state index contributed by atoms with van der Waals surface area (Å²) < 4.78 is 0. The fourth-order valence-electron chi connectivity index (χ4n) is 1.40. The maximum Gasteiger partial charge on any atom is 0.0355 e. The highest BCUT2D eigenvalue weighted by molar-refractivity contribution is 5.48. The second-order valence-corrected chi connectivity index (χ2v) is 3.66. The van der Waals surface area contributed by atoms with Crippen molar-refractivity contribution in [3.05, 3.63) is 29.3 Å². The summed E-state index contributed by atoms with van der Waals surface area (Å²) in [6.07, 6.45) is 0. The lowest BCUT2D eigenvalue weighted by atomic mass is 10.1. The highest BCUT2D eigenvalue weighted by atomic mass is 14.9.